The van der Waals surface area contributed by atoms with Gasteiger partial charge in [0, 0.05) is 35.0 Å². The SMILES string of the molecule is Cc1cc(NC(=O)CCC(=O)N(c2c(C)cccc2C)[C@@H](C(=O)NC(C)(C)C)c2ccccc2Cl)no1. The van der Waals surface area contributed by atoms with Gasteiger partial charge in [0.2, 0.25) is 17.7 Å². The topological polar surface area (TPSA) is 105 Å². The second kappa shape index (κ2) is 11.6. The van der Waals surface area contributed by atoms with Crippen molar-refractivity contribution in [3.63, 3.8) is 0 Å². The molecule has 37 heavy (non-hydrogen) atoms. The van der Waals surface area contributed by atoms with E-state index >= 15 is 0 Å². The predicted molar refractivity (Wildman–Crippen MR) is 145 cm³/mol. The summed E-state index contributed by atoms with van der Waals surface area (Å²) in [7, 11) is 0. The molecule has 9 heteroatoms. The molecule has 0 spiro atoms. The van der Waals surface area contributed by atoms with Crippen molar-refractivity contribution in [1.82, 2.24) is 10.5 Å². The summed E-state index contributed by atoms with van der Waals surface area (Å²) in [5, 5.41) is 9.74. The highest BCUT2D eigenvalue weighted by molar-refractivity contribution is 6.31. The molecule has 2 N–H and O–H groups in total. The van der Waals surface area contributed by atoms with Crippen LogP contribution in [0, 0.1) is 20.8 Å². The highest BCUT2D eigenvalue weighted by Crippen LogP contribution is 2.36. The molecule has 1 aromatic heterocycles. The molecule has 3 amide bonds. The van der Waals surface area contributed by atoms with Crippen LogP contribution in [-0.4, -0.2) is 28.4 Å². The summed E-state index contributed by atoms with van der Waals surface area (Å²) in [6.07, 6.45) is -0.248. The van der Waals surface area contributed by atoms with Gasteiger partial charge in [0.05, 0.1) is 5.69 Å². The number of carbonyl (C=O) groups is 3. The van der Waals surface area contributed by atoms with Gasteiger partial charge in [0.1, 0.15) is 11.8 Å². The van der Waals surface area contributed by atoms with Crippen LogP contribution in [0.2, 0.25) is 5.02 Å². The molecule has 0 aliphatic carbocycles. The van der Waals surface area contributed by atoms with E-state index in [1.54, 1.807) is 37.3 Å². The Morgan fingerprint density at radius 2 is 1.65 bits per heavy atom. The highest BCUT2D eigenvalue weighted by Gasteiger charge is 2.36. The van der Waals surface area contributed by atoms with Crippen LogP contribution in [0.5, 0.6) is 0 Å². The number of anilines is 2. The fraction of sp³-hybridized carbons (Fsp3) is 0.357. The van der Waals surface area contributed by atoms with Gasteiger partial charge in [-0.25, -0.2) is 0 Å². The van der Waals surface area contributed by atoms with Gasteiger partial charge in [0.15, 0.2) is 5.82 Å². The molecule has 0 saturated heterocycles. The summed E-state index contributed by atoms with van der Waals surface area (Å²) < 4.78 is 4.97. The van der Waals surface area contributed by atoms with Crippen molar-refractivity contribution < 1.29 is 18.9 Å². The van der Waals surface area contributed by atoms with Gasteiger partial charge in [-0.1, -0.05) is 53.2 Å². The Kier molecular flexibility index (Phi) is 8.76. The second-order valence-corrected chi connectivity index (χ2v) is 10.4. The minimum absolute atomic E-state index is 0.109. The van der Waals surface area contributed by atoms with Crippen LogP contribution in [0.4, 0.5) is 11.5 Å². The van der Waals surface area contributed by atoms with Crippen molar-refractivity contribution in [3.8, 4) is 0 Å². The molecule has 0 aliphatic heterocycles. The molecule has 3 rings (SSSR count). The largest absolute Gasteiger partial charge is 0.360 e. The number of benzene rings is 2. The van der Waals surface area contributed by atoms with E-state index < -0.39 is 23.4 Å². The first-order chi connectivity index (χ1) is 17.4. The number of aromatic nitrogens is 1. The summed E-state index contributed by atoms with van der Waals surface area (Å²) in [5.74, 6) is -0.325. The normalized spacial score (nSPS) is 12.1. The van der Waals surface area contributed by atoms with Crippen LogP contribution in [0.1, 0.15) is 62.1 Å². The summed E-state index contributed by atoms with van der Waals surface area (Å²) >= 11 is 6.57. The molecule has 0 aliphatic rings. The van der Waals surface area contributed by atoms with E-state index in [1.807, 2.05) is 52.8 Å². The number of hydrogen-bond acceptors (Lipinski definition) is 5. The Morgan fingerprint density at radius 1 is 1.00 bits per heavy atom. The summed E-state index contributed by atoms with van der Waals surface area (Å²) in [6.45, 7) is 11.1. The zero-order chi connectivity index (χ0) is 27.3. The zero-order valence-electron chi connectivity index (χ0n) is 22.0. The molecule has 0 bridgehead atoms. The Morgan fingerprint density at radius 3 is 2.22 bits per heavy atom. The number of aryl methyl sites for hydroxylation is 3. The minimum atomic E-state index is -1.05. The van der Waals surface area contributed by atoms with Gasteiger partial charge in [0.25, 0.3) is 0 Å². The lowest BCUT2D eigenvalue weighted by molar-refractivity contribution is -0.128. The van der Waals surface area contributed by atoms with Crippen molar-refractivity contribution in [1.29, 1.82) is 0 Å². The van der Waals surface area contributed by atoms with Crippen molar-refractivity contribution in [2.75, 3.05) is 10.2 Å². The number of carbonyl (C=O) groups excluding carboxylic acids is 3. The van der Waals surface area contributed by atoms with Crippen molar-refractivity contribution >= 4 is 40.8 Å². The Hall–Kier alpha value is -3.65. The van der Waals surface area contributed by atoms with Crippen LogP contribution < -0.4 is 15.5 Å². The monoisotopic (exact) mass is 524 g/mol. The molecule has 1 atom stereocenters. The maximum absolute atomic E-state index is 13.9. The average Bonchev–Trinajstić information content (AvgIpc) is 3.20. The number of hydrogen-bond donors (Lipinski definition) is 2. The first-order valence-electron chi connectivity index (χ1n) is 12.1. The van der Waals surface area contributed by atoms with Gasteiger partial charge in [-0.2, -0.15) is 0 Å². The average molecular weight is 525 g/mol. The number of nitrogens with zero attached hydrogens (tertiary/aromatic N) is 2. The highest BCUT2D eigenvalue weighted by atomic mass is 35.5. The summed E-state index contributed by atoms with van der Waals surface area (Å²) in [5.41, 5.74) is 2.17. The van der Waals surface area contributed by atoms with E-state index in [9.17, 15) is 14.4 Å². The second-order valence-electron chi connectivity index (χ2n) is 10.0. The van der Waals surface area contributed by atoms with E-state index in [0.29, 0.717) is 22.0 Å². The lowest BCUT2D eigenvalue weighted by Crippen LogP contribution is -2.50. The van der Waals surface area contributed by atoms with Crippen LogP contribution in [0.15, 0.2) is 53.1 Å². The fourth-order valence-corrected chi connectivity index (χ4v) is 4.33. The van der Waals surface area contributed by atoms with E-state index in [2.05, 4.69) is 15.8 Å². The van der Waals surface area contributed by atoms with Crippen molar-refractivity contribution in [2.24, 2.45) is 0 Å². The van der Waals surface area contributed by atoms with E-state index in [-0.39, 0.29) is 24.6 Å². The van der Waals surface area contributed by atoms with Gasteiger partial charge < -0.3 is 15.2 Å². The number of nitrogens with one attached hydrogen (secondary N) is 2. The number of halogens is 1. The fourth-order valence-electron chi connectivity index (χ4n) is 4.09. The molecular weight excluding hydrogens is 492 g/mol. The third kappa shape index (κ3) is 7.20. The third-order valence-corrected chi connectivity index (χ3v) is 5.96. The number of para-hydroxylation sites is 1. The number of rotatable bonds is 8. The Bertz CT molecular complexity index is 1280. The first kappa shape index (κ1) is 27.9. The van der Waals surface area contributed by atoms with Crippen LogP contribution >= 0.6 is 11.6 Å². The van der Waals surface area contributed by atoms with E-state index in [4.69, 9.17) is 16.1 Å². The molecule has 8 nitrogen and oxygen atoms in total. The van der Waals surface area contributed by atoms with Crippen molar-refractivity contribution in [3.05, 3.63) is 76.0 Å². The van der Waals surface area contributed by atoms with Crippen LogP contribution in [0.3, 0.4) is 0 Å². The molecule has 0 unspecified atom stereocenters. The third-order valence-electron chi connectivity index (χ3n) is 5.62. The van der Waals surface area contributed by atoms with Crippen LogP contribution in [-0.2, 0) is 14.4 Å². The molecule has 0 fully saturated rings. The minimum Gasteiger partial charge on any atom is -0.360 e. The molecule has 3 aromatic rings. The lowest BCUT2D eigenvalue weighted by Gasteiger charge is -2.35. The van der Waals surface area contributed by atoms with Gasteiger partial charge in [-0.15, -0.1) is 0 Å². The number of amides is 3. The predicted octanol–water partition coefficient (Wildman–Crippen LogP) is 5.66. The first-order valence-corrected chi connectivity index (χ1v) is 12.4. The van der Waals surface area contributed by atoms with Gasteiger partial charge in [-0.3, -0.25) is 19.3 Å². The maximum atomic E-state index is 13.9. The molecule has 1 heterocycles. The van der Waals surface area contributed by atoms with Crippen molar-refractivity contribution in [2.45, 2.75) is 66.0 Å². The van der Waals surface area contributed by atoms with E-state index in [0.717, 1.165) is 11.1 Å². The summed E-state index contributed by atoms with van der Waals surface area (Å²) in [6, 6.07) is 13.2. The maximum Gasteiger partial charge on any atom is 0.248 e. The molecular formula is C28H33ClN4O4. The van der Waals surface area contributed by atoms with Gasteiger partial charge in [-0.05, 0) is 58.7 Å². The Labute approximate surface area is 222 Å². The lowest BCUT2D eigenvalue weighted by atomic mass is 9.98. The molecule has 196 valence electrons. The van der Waals surface area contributed by atoms with E-state index in [1.165, 1.54) is 4.90 Å². The standard InChI is InChI=1S/C28H33ClN4O4/c1-17-10-9-11-18(2)25(17)33(24(35)15-14-23(34)30-22-16-19(3)37-32-22)26(27(36)31-28(4,5)6)20-12-7-8-13-21(20)29/h7-13,16,26H,14-15H2,1-6H3,(H,31,36)(H,30,32,34)/t26-/m1/s1. The van der Waals surface area contributed by atoms with Gasteiger partial charge >= 0.3 is 0 Å². The molecule has 2 aromatic carbocycles. The quantitative estimate of drug-likeness (QED) is 0.395. The van der Waals surface area contributed by atoms with Crippen LogP contribution in [0.25, 0.3) is 0 Å². The Balaban J connectivity index is 2.03. The smallest absolute Gasteiger partial charge is 0.248 e. The zero-order valence-corrected chi connectivity index (χ0v) is 22.8. The molecule has 0 saturated carbocycles. The summed E-state index contributed by atoms with van der Waals surface area (Å²) in [4.78, 5) is 41.7. The molecule has 0 radical (unpaired) electrons.